The van der Waals surface area contributed by atoms with Crippen LogP contribution in [0, 0.1) is 0 Å². The fourth-order valence-electron chi connectivity index (χ4n) is 3.54. The summed E-state index contributed by atoms with van der Waals surface area (Å²) in [4.78, 5) is 18.3. The minimum atomic E-state index is -0.469. The third-order valence-corrected chi connectivity index (χ3v) is 5.05. The first kappa shape index (κ1) is 23.7. The highest BCUT2D eigenvalue weighted by Gasteiger charge is 2.23. The van der Waals surface area contributed by atoms with Gasteiger partial charge in [-0.3, -0.25) is 4.99 Å². The van der Waals surface area contributed by atoms with Gasteiger partial charge in [0.05, 0.1) is 18.8 Å². The summed E-state index contributed by atoms with van der Waals surface area (Å²) >= 11 is 0. The molecule has 2 N–H and O–H groups in total. The fraction of sp³-hybridized carbons (Fsp3) is 0.905. The molecule has 2 aliphatic rings. The maximum Gasteiger partial charge on any atom is 0.407 e. The summed E-state index contributed by atoms with van der Waals surface area (Å²) in [6.07, 6.45) is 6.60. The molecule has 0 bridgehead atoms. The van der Waals surface area contributed by atoms with Crippen molar-refractivity contribution >= 4 is 12.1 Å². The van der Waals surface area contributed by atoms with E-state index in [4.69, 9.17) is 14.2 Å². The summed E-state index contributed by atoms with van der Waals surface area (Å²) in [5, 5.41) is 6.16. The summed E-state index contributed by atoms with van der Waals surface area (Å²) in [5.74, 6) is 0.913. The molecular weight excluding hydrogens is 372 g/mol. The van der Waals surface area contributed by atoms with Crippen molar-refractivity contribution in [2.24, 2.45) is 4.99 Å². The molecule has 0 aliphatic carbocycles. The molecular formula is C21H40N4O4. The standard InChI is InChI=1S/C21H40N4O4/c1-21(2,3)29-20(26)24-12-7-11-23-19(22-4)25-13-9-17(10-14-25)28-16-18-8-5-6-15-27-18/h17-18H,5-16H2,1-4H3,(H,22,23)(H,24,26). The predicted octanol–water partition coefficient (Wildman–Crippen LogP) is 2.53. The van der Waals surface area contributed by atoms with Crippen molar-refractivity contribution in [3.63, 3.8) is 0 Å². The van der Waals surface area contributed by atoms with Crippen LogP contribution in [0.1, 0.15) is 59.3 Å². The molecule has 2 fully saturated rings. The number of likely N-dealkylation sites (tertiary alicyclic amines) is 1. The van der Waals surface area contributed by atoms with E-state index in [2.05, 4.69) is 20.5 Å². The third kappa shape index (κ3) is 9.67. The molecule has 29 heavy (non-hydrogen) atoms. The van der Waals surface area contributed by atoms with E-state index in [1.165, 1.54) is 12.8 Å². The molecule has 2 heterocycles. The number of alkyl carbamates (subject to hydrolysis) is 1. The molecule has 168 valence electrons. The van der Waals surface area contributed by atoms with E-state index in [0.717, 1.165) is 64.5 Å². The number of aliphatic imine (C=N–C) groups is 1. The molecule has 2 aliphatic heterocycles. The maximum absolute atomic E-state index is 11.6. The van der Waals surface area contributed by atoms with Crippen molar-refractivity contribution in [1.29, 1.82) is 0 Å². The number of nitrogens with one attached hydrogen (secondary N) is 2. The van der Waals surface area contributed by atoms with Crippen LogP contribution < -0.4 is 10.6 Å². The molecule has 0 spiro atoms. The first-order chi connectivity index (χ1) is 13.9. The topological polar surface area (TPSA) is 84.4 Å². The van der Waals surface area contributed by atoms with E-state index in [9.17, 15) is 4.79 Å². The molecule has 0 aromatic carbocycles. The Balaban J connectivity index is 1.56. The van der Waals surface area contributed by atoms with E-state index in [-0.39, 0.29) is 12.2 Å². The number of guanidine groups is 1. The van der Waals surface area contributed by atoms with Gasteiger partial charge in [-0.05, 0) is 59.3 Å². The fourth-order valence-corrected chi connectivity index (χ4v) is 3.54. The minimum absolute atomic E-state index is 0.283. The molecule has 2 saturated heterocycles. The van der Waals surface area contributed by atoms with Gasteiger partial charge in [-0.15, -0.1) is 0 Å². The normalized spacial score (nSPS) is 21.7. The smallest absolute Gasteiger partial charge is 0.407 e. The van der Waals surface area contributed by atoms with Crippen LogP contribution in [0.15, 0.2) is 4.99 Å². The zero-order chi connectivity index (χ0) is 21.1. The van der Waals surface area contributed by atoms with Gasteiger partial charge in [0, 0.05) is 39.8 Å². The summed E-state index contributed by atoms with van der Waals surface area (Å²) in [6.45, 7) is 10.4. The van der Waals surface area contributed by atoms with Crippen LogP contribution in [0.3, 0.4) is 0 Å². The second-order valence-electron chi connectivity index (χ2n) is 8.76. The highest BCUT2D eigenvalue weighted by Crippen LogP contribution is 2.18. The zero-order valence-electron chi connectivity index (χ0n) is 18.7. The highest BCUT2D eigenvalue weighted by molar-refractivity contribution is 5.79. The van der Waals surface area contributed by atoms with Gasteiger partial charge in [-0.25, -0.2) is 4.79 Å². The Morgan fingerprint density at radius 3 is 2.48 bits per heavy atom. The van der Waals surface area contributed by atoms with E-state index < -0.39 is 5.60 Å². The van der Waals surface area contributed by atoms with Gasteiger partial charge in [0.2, 0.25) is 0 Å². The van der Waals surface area contributed by atoms with E-state index >= 15 is 0 Å². The molecule has 1 unspecified atom stereocenters. The van der Waals surface area contributed by atoms with Gasteiger partial charge in [-0.1, -0.05) is 0 Å². The van der Waals surface area contributed by atoms with Gasteiger partial charge in [0.25, 0.3) is 0 Å². The summed E-state index contributed by atoms with van der Waals surface area (Å²) < 4.78 is 17.1. The number of carbonyl (C=O) groups is 1. The average molecular weight is 413 g/mol. The zero-order valence-corrected chi connectivity index (χ0v) is 18.7. The molecule has 1 amide bonds. The first-order valence-electron chi connectivity index (χ1n) is 11.0. The van der Waals surface area contributed by atoms with E-state index in [1.807, 2.05) is 27.8 Å². The summed E-state index contributed by atoms with van der Waals surface area (Å²) in [5.41, 5.74) is -0.469. The Morgan fingerprint density at radius 2 is 1.86 bits per heavy atom. The third-order valence-electron chi connectivity index (χ3n) is 5.05. The van der Waals surface area contributed by atoms with Crippen LogP contribution in [-0.4, -0.2) is 81.2 Å². The number of hydrogen-bond acceptors (Lipinski definition) is 5. The number of ether oxygens (including phenoxy) is 3. The molecule has 8 heteroatoms. The van der Waals surface area contributed by atoms with Crippen LogP contribution in [0.25, 0.3) is 0 Å². The molecule has 0 radical (unpaired) electrons. The van der Waals surface area contributed by atoms with Crippen molar-refractivity contribution in [3.05, 3.63) is 0 Å². The predicted molar refractivity (Wildman–Crippen MR) is 114 cm³/mol. The minimum Gasteiger partial charge on any atom is -0.444 e. The lowest BCUT2D eigenvalue weighted by Gasteiger charge is -2.35. The van der Waals surface area contributed by atoms with Gasteiger partial charge in [-0.2, -0.15) is 0 Å². The maximum atomic E-state index is 11.6. The van der Waals surface area contributed by atoms with Gasteiger partial charge >= 0.3 is 6.09 Å². The summed E-state index contributed by atoms with van der Waals surface area (Å²) in [6, 6.07) is 0. The molecule has 0 aromatic rings. The van der Waals surface area contributed by atoms with Crippen molar-refractivity contribution < 1.29 is 19.0 Å². The van der Waals surface area contributed by atoms with E-state index in [0.29, 0.717) is 12.6 Å². The lowest BCUT2D eigenvalue weighted by atomic mass is 10.1. The molecule has 0 saturated carbocycles. The van der Waals surface area contributed by atoms with E-state index in [1.54, 1.807) is 0 Å². The monoisotopic (exact) mass is 412 g/mol. The van der Waals surface area contributed by atoms with Gasteiger partial charge in [0.1, 0.15) is 5.60 Å². The lowest BCUT2D eigenvalue weighted by Crippen LogP contribution is -2.47. The number of nitrogens with zero attached hydrogens (tertiary/aromatic N) is 2. The van der Waals surface area contributed by atoms with Gasteiger partial charge in [0.15, 0.2) is 5.96 Å². The molecule has 2 rings (SSSR count). The number of carbonyl (C=O) groups excluding carboxylic acids is 1. The van der Waals surface area contributed by atoms with Crippen LogP contribution >= 0.6 is 0 Å². The van der Waals surface area contributed by atoms with Crippen molar-refractivity contribution in [2.45, 2.75) is 77.1 Å². The summed E-state index contributed by atoms with van der Waals surface area (Å²) in [7, 11) is 1.81. The molecule has 8 nitrogen and oxygen atoms in total. The van der Waals surface area contributed by atoms with Crippen LogP contribution in [-0.2, 0) is 14.2 Å². The molecule has 0 aromatic heterocycles. The number of piperidine rings is 1. The number of amides is 1. The lowest BCUT2D eigenvalue weighted by molar-refractivity contribution is -0.0721. The quantitative estimate of drug-likeness (QED) is 0.380. The second-order valence-corrected chi connectivity index (χ2v) is 8.76. The Kier molecular flexibility index (Phi) is 10.0. The van der Waals surface area contributed by atoms with Crippen LogP contribution in [0.2, 0.25) is 0 Å². The average Bonchev–Trinajstić information content (AvgIpc) is 2.69. The first-order valence-corrected chi connectivity index (χ1v) is 11.0. The Labute approximate surface area is 175 Å². The van der Waals surface area contributed by atoms with Crippen LogP contribution in [0.5, 0.6) is 0 Å². The largest absolute Gasteiger partial charge is 0.444 e. The SMILES string of the molecule is CN=C(NCCCNC(=O)OC(C)(C)C)N1CCC(OCC2CCCCO2)CC1. The van der Waals surface area contributed by atoms with Crippen molar-refractivity contribution in [3.8, 4) is 0 Å². The number of hydrogen-bond donors (Lipinski definition) is 2. The van der Waals surface area contributed by atoms with Crippen LogP contribution in [0.4, 0.5) is 4.79 Å². The Morgan fingerprint density at radius 1 is 1.14 bits per heavy atom. The Bertz CT molecular complexity index is 507. The van der Waals surface area contributed by atoms with Gasteiger partial charge < -0.3 is 29.7 Å². The second kappa shape index (κ2) is 12.2. The van der Waals surface area contributed by atoms with Crippen molar-refractivity contribution in [1.82, 2.24) is 15.5 Å². The Hall–Kier alpha value is -1.54. The molecule has 1 atom stereocenters. The highest BCUT2D eigenvalue weighted by atomic mass is 16.6. The number of rotatable bonds is 7. The van der Waals surface area contributed by atoms with Crippen molar-refractivity contribution in [2.75, 3.05) is 46.4 Å².